The van der Waals surface area contributed by atoms with E-state index in [0.29, 0.717) is 19.3 Å². The Kier molecular flexibility index (Phi) is 5.31. The molecule has 1 aromatic heterocycles. The van der Waals surface area contributed by atoms with Gasteiger partial charge < -0.3 is 19.5 Å². The summed E-state index contributed by atoms with van der Waals surface area (Å²) in [4.78, 5) is 4.35. The summed E-state index contributed by atoms with van der Waals surface area (Å²) in [5.74, 6) is 1.01. The lowest BCUT2D eigenvalue weighted by molar-refractivity contribution is -0.0282. The topological polar surface area (TPSA) is 67.5 Å². The summed E-state index contributed by atoms with van der Waals surface area (Å²) in [6.45, 7) is 0.806. The van der Waals surface area contributed by atoms with Gasteiger partial charge in [0, 0.05) is 18.0 Å². The van der Waals surface area contributed by atoms with Gasteiger partial charge in [-0.05, 0) is 37.1 Å². The first-order chi connectivity index (χ1) is 11.2. The SMILES string of the molecule is Oc1ccc(-c2nccn2C[C@@H](O)COC2CCCCC2)cc1. The summed E-state index contributed by atoms with van der Waals surface area (Å²) in [5, 5.41) is 19.6. The van der Waals surface area contributed by atoms with E-state index in [1.807, 2.05) is 22.9 Å². The maximum Gasteiger partial charge on any atom is 0.139 e. The molecule has 3 rings (SSSR count). The van der Waals surface area contributed by atoms with E-state index in [9.17, 15) is 10.2 Å². The number of aliphatic hydroxyl groups is 1. The molecule has 0 spiro atoms. The van der Waals surface area contributed by atoms with Gasteiger partial charge in [-0.2, -0.15) is 0 Å². The van der Waals surface area contributed by atoms with Crippen LogP contribution in [0.5, 0.6) is 5.75 Å². The smallest absolute Gasteiger partial charge is 0.139 e. The number of hydrogen-bond acceptors (Lipinski definition) is 4. The molecule has 0 bridgehead atoms. The van der Waals surface area contributed by atoms with Crippen LogP contribution in [0.3, 0.4) is 0 Å². The van der Waals surface area contributed by atoms with E-state index >= 15 is 0 Å². The largest absolute Gasteiger partial charge is 0.508 e. The van der Waals surface area contributed by atoms with Crippen LogP contribution in [0.15, 0.2) is 36.7 Å². The Balaban J connectivity index is 1.57. The molecule has 0 unspecified atom stereocenters. The molecule has 1 saturated carbocycles. The molecule has 124 valence electrons. The van der Waals surface area contributed by atoms with E-state index in [0.717, 1.165) is 24.2 Å². The molecule has 5 heteroatoms. The Morgan fingerprint density at radius 1 is 1.17 bits per heavy atom. The highest BCUT2D eigenvalue weighted by atomic mass is 16.5. The highest BCUT2D eigenvalue weighted by Gasteiger charge is 2.16. The average molecular weight is 316 g/mol. The lowest BCUT2D eigenvalue weighted by Crippen LogP contribution is -2.26. The fourth-order valence-electron chi connectivity index (χ4n) is 3.09. The second-order valence-corrected chi connectivity index (χ2v) is 6.20. The van der Waals surface area contributed by atoms with Gasteiger partial charge in [0.2, 0.25) is 0 Å². The number of aromatic nitrogens is 2. The minimum Gasteiger partial charge on any atom is -0.508 e. The molecule has 2 aromatic rings. The Bertz CT molecular complexity index is 603. The molecule has 0 aliphatic heterocycles. The zero-order valence-electron chi connectivity index (χ0n) is 13.3. The fourth-order valence-corrected chi connectivity index (χ4v) is 3.09. The molecule has 1 fully saturated rings. The van der Waals surface area contributed by atoms with Gasteiger partial charge in [-0.1, -0.05) is 19.3 Å². The van der Waals surface area contributed by atoms with Crippen molar-refractivity contribution in [2.75, 3.05) is 6.61 Å². The van der Waals surface area contributed by atoms with Crippen LogP contribution in [-0.2, 0) is 11.3 Å². The first-order valence-corrected chi connectivity index (χ1v) is 8.32. The second-order valence-electron chi connectivity index (χ2n) is 6.20. The molecule has 1 aliphatic carbocycles. The van der Waals surface area contributed by atoms with Crippen molar-refractivity contribution in [2.45, 2.75) is 50.9 Å². The monoisotopic (exact) mass is 316 g/mol. The van der Waals surface area contributed by atoms with E-state index < -0.39 is 6.10 Å². The van der Waals surface area contributed by atoms with E-state index in [-0.39, 0.29) is 5.75 Å². The van der Waals surface area contributed by atoms with Gasteiger partial charge in [-0.3, -0.25) is 0 Å². The van der Waals surface area contributed by atoms with Crippen molar-refractivity contribution >= 4 is 0 Å². The number of phenols is 1. The third-order valence-corrected chi connectivity index (χ3v) is 4.32. The number of imidazole rings is 1. The molecule has 1 aliphatic rings. The standard InChI is InChI=1S/C18H24N2O3/c21-15-8-6-14(7-9-15)18-19-10-11-20(18)12-16(22)13-23-17-4-2-1-3-5-17/h6-11,16-17,21-22H,1-5,12-13H2/t16-/m1/s1. The Morgan fingerprint density at radius 3 is 2.65 bits per heavy atom. The predicted molar refractivity (Wildman–Crippen MR) is 88.2 cm³/mol. The molecular formula is C18H24N2O3. The Labute approximate surface area is 136 Å². The van der Waals surface area contributed by atoms with Crippen molar-refractivity contribution in [2.24, 2.45) is 0 Å². The van der Waals surface area contributed by atoms with Crippen molar-refractivity contribution in [3.05, 3.63) is 36.7 Å². The molecule has 1 aromatic carbocycles. The zero-order valence-corrected chi connectivity index (χ0v) is 13.3. The van der Waals surface area contributed by atoms with Gasteiger partial charge in [0.25, 0.3) is 0 Å². The fraction of sp³-hybridized carbons (Fsp3) is 0.500. The molecule has 0 saturated heterocycles. The van der Waals surface area contributed by atoms with Crippen LogP contribution in [0, 0.1) is 0 Å². The Morgan fingerprint density at radius 2 is 1.91 bits per heavy atom. The minimum absolute atomic E-state index is 0.229. The first kappa shape index (κ1) is 16.0. The summed E-state index contributed by atoms with van der Waals surface area (Å²) < 4.78 is 7.76. The third-order valence-electron chi connectivity index (χ3n) is 4.32. The quantitative estimate of drug-likeness (QED) is 0.860. The summed E-state index contributed by atoms with van der Waals surface area (Å²) >= 11 is 0. The van der Waals surface area contributed by atoms with Crippen molar-refractivity contribution < 1.29 is 14.9 Å². The number of hydrogen-bond donors (Lipinski definition) is 2. The predicted octanol–water partition coefficient (Wildman–Crippen LogP) is 2.97. The molecule has 2 N–H and O–H groups in total. The van der Waals surface area contributed by atoms with Gasteiger partial charge in [-0.25, -0.2) is 4.98 Å². The van der Waals surface area contributed by atoms with E-state index in [1.54, 1.807) is 18.3 Å². The molecule has 0 amide bonds. The zero-order chi connectivity index (χ0) is 16.1. The van der Waals surface area contributed by atoms with E-state index in [1.165, 1.54) is 19.3 Å². The maximum atomic E-state index is 10.3. The summed E-state index contributed by atoms with van der Waals surface area (Å²) in [5.41, 5.74) is 0.910. The van der Waals surface area contributed by atoms with Gasteiger partial charge in [-0.15, -0.1) is 0 Å². The molecule has 1 heterocycles. The summed E-state index contributed by atoms with van der Waals surface area (Å²) in [6.07, 6.45) is 9.30. The normalized spacial score (nSPS) is 17.3. The van der Waals surface area contributed by atoms with Crippen LogP contribution in [-0.4, -0.2) is 38.6 Å². The lowest BCUT2D eigenvalue weighted by Gasteiger charge is -2.23. The highest BCUT2D eigenvalue weighted by molar-refractivity contribution is 5.56. The van der Waals surface area contributed by atoms with Crippen LogP contribution in [0.25, 0.3) is 11.4 Å². The summed E-state index contributed by atoms with van der Waals surface area (Å²) in [6, 6.07) is 6.91. The van der Waals surface area contributed by atoms with Crippen LogP contribution in [0.4, 0.5) is 0 Å². The lowest BCUT2D eigenvalue weighted by atomic mass is 9.98. The number of ether oxygens (including phenoxy) is 1. The molecular weight excluding hydrogens is 292 g/mol. The number of rotatable bonds is 6. The van der Waals surface area contributed by atoms with Gasteiger partial charge in [0.15, 0.2) is 0 Å². The van der Waals surface area contributed by atoms with E-state index in [2.05, 4.69) is 4.98 Å². The summed E-state index contributed by atoms with van der Waals surface area (Å²) in [7, 11) is 0. The second kappa shape index (κ2) is 7.62. The molecule has 23 heavy (non-hydrogen) atoms. The van der Waals surface area contributed by atoms with Gasteiger partial charge in [0.1, 0.15) is 11.6 Å². The van der Waals surface area contributed by atoms with Crippen LogP contribution >= 0.6 is 0 Å². The van der Waals surface area contributed by atoms with Gasteiger partial charge in [0.05, 0.1) is 25.4 Å². The number of aromatic hydroxyl groups is 1. The van der Waals surface area contributed by atoms with Crippen LogP contribution in [0.2, 0.25) is 0 Å². The van der Waals surface area contributed by atoms with Gasteiger partial charge >= 0.3 is 0 Å². The minimum atomic E-state index is -0.554. The average Bonchev–Trinajstić information content (AvgIpc) is 3.03. The van der Waals surface area contributed by atoms with Crippen molar-refractivity contribution in [1.82, 2.24) is 9.55 Å². The van der Waals surface area contributed by atoms with Crippen molar-refractivity contribution in [3.8, 4) is 17.1 Å². The van der Waals surface area contributed by atoms with E-state index in [4.69, 9.17) is 4.74 Å². The number of nitrogens with zero attached hydrogens (tertiary/aromatic N) is 2. The maximum absolute atomic E-state index is 10.3. The van der Waals surface area contributed by atoms with Crippen LogP contribution < -0.4 is 0 Å². The van der Waals surface area contributed by atoms with Crippen LogP contribution in [0.1, 0.15) is 32.1 Å². The molecule has 0 radical (unpaired) electrons. The number of aliphatic hydroxyl groups excluding tert-OH is 1. The van der Waals surface area contributed by atoms with Crippen molar-refractivity contribution in [3.63, 3.8) is 0 Å². The molecule has 1 atom stereocenters. The number of benzene rings is 1. The number of phenolic OH excluding ortho intramolecular Hbond substituents is 1. The van der Waals surface area contributed by atoms with Crippen molar-refractivity contribution in [1.29, 1.82) is 0 Å². The third kappa shape index (κ3) is 4.33. The Hall–Kier alpha value is -1.85. The first-order valence-electron chi connectivity index (χ1n) is 8.32. The molecule has 5 nitrogen and oxygen atoms in total. The highest BCUT2D eigenvalue weighted by Crippen LogP contribution is 2.22.